The number of nitrogens with two attached hydrogens (primary N) is 1. The van der Waals surface area contributed by atoms with Gasteiger partial charge in [0.1, 0.15) is 0 Å². The summed E-state index contributed by atoms with van der Waals surface area (Å²) < 4.78 is 23.1. The van der Waals surface area contributed by atoms with Crippen LogP contribution in [0, 0.1) is 0 Å². The van der Waals surface area contributed by atoms with Crippen LogP contribution in [-0.4, -0.2) is 25.5 Å². The second kappa shape index (κ2) is 3.96. The molecule has 0 radical (unpaired) electrons. The van der Waals surface area contributed by atoms with Crippen LogP contribution in [0.5, 0.6) is 0 Å². The van der Waals surface area contributed by atoms with E-state index >= 15 is 0 Å². The van der Waals surface area contributed by atoms with E-state index in [0.717, 1.165) is 32.1 Å². The minimum atomic E-state index is -2.96. The van der Waals surface area contributed by atoms with Crippen LogP contribution in [-0.2, 0) is 9.84 Å². The molecule has 1 rings (SSSR count). The summed E-state index contributed by atoms with van der Waals surface area (Å²) in [6.45, 7) is 2.00. The molecule has 0 bridgehead atoms. The Balaban J connectivity index is 2.91. The average Bonchev–Trinajstić information content (AvgIpc) is 2.18. The fourth-order valence-electron chi connectivity index (χ4n) is 2.14. The van der Waals surface area contributed by atoms with Crippen molar-refractivity contribution in [2.45, 2.75) is 43.8 Å². The molecular formula is C9H19NO2S. The Morgan fingerprint density at radius 3 is 2.15 bits per heavy atom. The van der Waals surface area contributed by atoms with E-state index in [0.29, 0.717) is 6.54 Å². The molecule has 0 aromatic heterocycles. The molecule has 2 N–H and O–H groups in total. The van der Waals surface area contributed by atoms with Gasteiger partial charge in [-0.3, -0.25) is 0 Å². The standard InChI is InChI=1S/C9H19NO2S/c1-2-13(11,12)9(8-10)6-4-3-5-7-9/h2-8,10H2,1H3. The summed E-state index contributed by atoms with van der Waals surface area (Å²) in [5, 5.41) is 0. The van der Waals surface area contributed by atoms with Crippen LogP contribution >= 0.6 is 0 Å². The molecule has 1 fully saturated rings. The number of sulfone groups is 1. The summed E-state index contributed by atoms with van der Waals surface area (Å²) in [6, 6.07) is 0. The van der Waals surface area contributed by atoms with Gasteiger partial charge >= 0.3 is 0 Å². The summed E-state index contributed by atoms with van der Waals surface area (Å²) in [4.78, 5) is 0. The lowest BCUT2D eigenvalue weighted by molar-refractivity contribution is 0.378. The molecule has 1 saturated carbocycles. The van der Waals surface area contributed by atoms with Crippen LogP contribution < -0.4 is 5.73 Å². The quantitative estimate of drug-likeness (QED) is 0.750. The predicted octanol–water partition coefficient (Wildman–Crippen LogP) is 1.08. The second-order valence-corrected chi connectivity index (χ2v) is 6.52. The van der Waals surface area contributed by atoms with Crippen LogP contribution in [0.25, 0.3) is 0 Å². The smallest absolute Gasteiger partial charge is 0.156 e. The third-order valence-corrected chi connectivity index (χ3v) is 5.83. The average molecular weight is 205 g/mol. The van der Waals surface area contributed by atoms with Crippen molar-refractivity contribution in [1.29, 1.82) is 0 Å². The molecule has 0 aromatic rings. The molecule has 0 unspecified atom stereocenters. The third kappa shape index (κ3) is 1.89. The Morgan fingerprint density at radius 1 is 1.23 bits per heavy atom. The topological polar surface area (TPSA) is 60.2 Å². The molecule has 0 heterocycles. The molecule has 4 heteroatoms. The van der Waals surface area contributed by atoms with E-state index in [9.17, 15) is 8.42 Å². The maximum absolute atomic E-state index is 11.8. The second-order valence-electron chi connectivity index (χ2n) is 3.85. The summed E-state index contributed by atoms with van der Waals surface area (Å²) in [6.07, 6.45) is 4.70. The van der Waals surface area contributed by atoms with E-state index in [4.69, 9.17) is 5.73 Å². The molecule has 78 valence electrons. The van der Waals surface area contributed by atoms with Crippen molar-refractivity contribution in [3.63, 3.8) is 0 Å². The van der Waals surface area contributed by atoms with Gasteiger partial charge in [-0.25, -0.2) is 8.42 Å². The highest BCUT2D eigenvalue weighted by atomic mass is 32.2. The lowest BCUT2D eigenvalue weighted by Crippen LogP contribution is -2.47. The first-order valence-electron chi connectivity index (χ1n) is 5.00. The number of hydrogen-bond acceptors (Lipinski definition) is 3. The van der Waals surface area contributed by atoms with Crippen molar-refractivity contribution in [1.82, 2.24) is 0 Å². The lowest BCUT2D eigenvalue weighted by Gasteiger charge is -2.35. The number of hydrogen-bond donors (Lipinski definition) is 1. The fourth-order valence-corrected chi connectivity index (χ4v) is 3.92. The maximum Gasteiger partial charge on any atom is 0.156 e. The molecule has 0 saturated heterocycles. The van der Waals surface area contributed by atoms with Gasteiger partial charge in [-0.2, -0.15) is 0 Å². The summed E-state index contributed by atoms with van der Waals surface area (Å²) in [5.74, 6) is 0.226. The van der Waals surface area contributed by atoms with Crippen molar-refractivity contribution >= 4 is 9.84 Å². The van der Waals surface area contributed by atoms with E-state index in [2.05, 4.69) is 0 Å². The van der Waals surface area contributed by atoms with Gasteiger partial charge in [0.25, 0.3) is 0 Å². The van der Waals surface area contributed by atoms with Crippen molar-refractivity contribution in [3.8, 4) is 0 Å². The van der Waals surface area contributed by atoms with Gasteiger partial charge in [0.2, 0.25) is 0 Å². The van der Waals surface area contributed by atoms with Crippen LogP contribution in [0.3, 0.4) is 0 Å². The van der Waals surface area contributed by atoms with Crippen molar-refractivity contribution in [3.05, 3.63) is 0 Å². The maximum atomic E-state index is 11.8. The zero-order chi connectivity index (χ0) is 9.95. The van der Waals surface area contributed by atoms with Crippen molar-refractivity contribution in [2.24, 2.45) is 5.73 Å². The van der Waals surface area contributed by atoms with Crippen LogP contribution in [0.4, 0.5) is 0 Å². The van der Waals surface area contributed by atoms with Gasteiger partial charge in [0.05, 0.1) is 4.75 Å². The molecule has 3 nitrogen and oxygen atoms in total. The van der Waals surface area contributed by atoms with Crippen LogP contribution in [0.1, 0.15) is 39.0 Å². The van der Waals surface area contributed by atoms with Gasteiger partial charge < -0.3 is 5.73 Å². The molecule has 0 aromatic carbocycles. The van der Waals surface area contributed by atoms with E-state index in [1.165, 1.54) is 0 Å². The molecule has 0 amide bonds. The Bertz CT molecular complexity index is 253. The summed E-state index contributed by atoms with van der Waals surface area (Å²) >= 11 is 0. The van der Waals surface area contributed by atoms with Gasteiger partial charge in [0, 0.05) is 12.3 Å². The highest BCUT2D eigenvalue weighted by Gasteiger charge is 2.41. The minimum Gasteiger partial charge on any atom is -0.329 e. The van der Waals surface area contributed by atoms with E-state index in [-0.39, 0.29) is 5.75 Å². The number of rotatable bonds is 3. The van der Waals surface area contributed by atoms with Gasteiger partial charge in [0.15, 0.2) is 9.84 Å². The first-order chi connectivity index (χ1) is 6.08. The van der Waals surface area contributed by atoms with E-state index < -0.39 is 14.6 Å². The minimum absolute atomic E-state index is 0.226. The van der Waals surface area contributed by atoms with Crippen LogP contribution in [0.15, 0.2) is 0 Å². The Labute approximate surface area is 80.6 Å². The van der Waals surface area contributed by atoms with E-state index in [1.807, 2.05) is 0 Å². The zero-order valence-corrected chi connectivity index (χ0v) is 9.07. The predicted molar refractivity (Wildman–Crippen MR) is 54.3 cm³/mol. The fraction of sp³-hybridized carbons (Fsp3) is 1.00. The van der Waals surface area contributed by atoms with Crippen molar-refractivity contribution in [2.75, 3.05) is 12.3 Å². The van der Waals surface area contributed by atoms with Gasteiger partial charge in [-0.1, -0.05) is 26.2 Å². The SMILES string of the molecule is CCS(=O)(=O)C1(CN)CCCCC1. The van der Waals surface area contributed by atoms with Gasteiger partial charge in [-0.15, -0.1) is 0 Å². The molecule has 13 heavy (non-hydrogen) atoms. The summed E-state index contributed by atoms with van der Waals surface area (Å²) in [5.41, 5.74) is 5.62. The molecule has 0 spiro atoms. The van der Waals surface area contributed by atoms with E-state index in [1.54, 1.807) is 6.92 Å². The molecule has 0 aliphatic heterocycles. The van der Waals surface area contributed by atoms with Crippen LogP contribution in [0.2, 0.25) is 0 Å². The monoisotopic (exact) mass is 205 g/mol. The molecule has 0 atom stereocenters. The lowest BCUT2D eigenvalue weighted by atomic mass is 9.88. The largest absolute Gasteiger partial charge is 0.329 e. The Hall–Kier alpha value is -0.0900. The molecule has 1 aliphatic rings. The first-order valence-corrected chi connectivity index (χ1v) is 6.65. The molecule has 1 aliphatic carbocycles. The van der Waals surface area contributed by atoms with Crippen molar-refractivity contribution < 1.29 is 8.42 Å². The first kappa shape index (κ1) is 11.0. The highest BCUT2D eigenvalue weighted by molar-refractivity contribution is 7.92. The zero-order valence-electron chi connectivity index (χ0n) is 8.25. The normalized spacial score (nSPS) is 22.9. The summed E-state index contributed by atoms with van der Waals surface area (Å²) in [7, 11) is -2.96. The molecular weight excluding hydrogens is 186 g/mol. The van der Waals surface area contributed by atoms with Gasteiger partial charge in [-0.05, 0) is 12.8 Å². The third-order valence-electron chi connectivity index (χ3n) is 3.18. The Morgan fingerprint density at radius 2 is 1.77 bits per heavy atom. The Kier molecular flexibility index (Phi) is 3.35. The highest BCUT2D eigenvalue weighted by Crippen LogP contribution is 2.34.